The highest BCUT2D eigenvalue weighted by Crippen LogP contribution is 2.36. The van der Waals surface area contributed by atoms with Crippen LogP contribution in [0.15, 0.2) is 22.7 Å². The van der Waals surface area contributed by atoms with E-state index in [9.17, 15) is 0 Å². The molecule has 0 aliphatic heterocycles. The maximum atomic E-state index is 6.08. The molecule has 2 N–H and O–H groups in total. The van der Waals surface area contributed by atoms with Gasteiger partial charge in [0.15, 0.2) is 0 Å². The van der Waals surface area contributed by atoms with E-state index in [0.717, 1.165) is 6.42 Å². The zero-order valence-electron chi connectivity index (χ0n) is 8.22. The molecule has 14 heavy (non-hydrogen) atoms. The van der Waals surface area contributed by atoms with Crippen LogP contribution in [-0.2, 0) is 6.42 Å². The van der Waals surface area contributed by atoms with Crippen molar-refractivity contribution in [1.82, 2.24) is 0 Å². The van der Waals surface area contributed by atoms with Crippen LogP contribution >= 0.6 is 28.3 Å². The Labute approximate surface area is 99.6 Å². The average Bonchev–Trinajstić information content (AvgIpc) is 2.78. The monoisotopic (exact) mass is 275 g/mol. The van der Waals surface area contributed by atoms with Crippen molar-refractivity contribution in [3.05, 3.63) is 33.8 Å². The second-order valence-electron chi connectivity index (χ2n) is 4.06. The molecule has 0 heterocycles. The number of rotatable bonds is 2. The molecule has 0 bridgehead atoms. The van der Waals surface area contributed by atoms with Crippen LogP contribution < -0.4 is 5.73 Å². The Balaban J connectivity index is 0.000000980. The first-order valence-electron chi connectivity index (χ1n) is 4.64. The first kappa shape index (κ1) is 12.0. The summed E-state index contributed by atoms with van der Waals surface area (Å²) in [5.41, 5.74) is 8.92. The lowest BCUT2D eigenvalue weighted by molar-refractivity contribution is 0.669. The summed E-state index contributed by atoms with van der Waals surface area (Å²) in [6.45, 7) is 2.14. The fourth-order valence-corrected chi connectivity index (χ4v) is 1.97. The van der Waals surface area contributed by atoms with E-state index in [0.29, 0.717) is 0 Å². The maximum absolute atomic E-state index is 6.08. The summed E-state index contributed by atoms with van der Waals surface area (Å²) in [4.78, 5) is 0. The predicted octanol–water partition coefficient (Wildman–Crippen LogP) is 3.21. The van der Waals surface area contributed by atoms with Gasteiger partial charge in [-0.05, 0) is 43.4 Å². The van der Waals surface area contributed by atoms with Gasteiger partial charge in [-0.15, -0.1) is 12.4 Å². The smallest absolute Gasteiger partial charge is 0.0207 e. The summed E-state index contributed by atoms with van der Waals surface area (Å²) in [7, 11) is 0. The second kappa shape index (κ2) is 4.21. The van der Waals surface area contributed by atoms with E-state index in [-0.39, 0.29) is 17.9 Å². The van der Waals surface area contributed by atoms with Crippen LogP contribution in [-0.4, -0.2) is 5.54 Å². The van der Waals surface area contributed by atoms with Gasteiger partial charge < -0.3 is 5.73 Å². The Morgan fingerprint density at radius 1 is 1.43 bits per heavy atom. The quantitative estimate of drug-likeness (QED) is 0.882. The normalized spacial score (nSPS) is 17.4. The number of hydrogen-bond acceptors (Lipinski definition) is 1. The molecular weight excluding hydrogens is 261 g/mol. The summed E-state index contributed by atoms with van der Waals surface area (Å²) in [6, 6.07) is 6.33. The third-order valence-corrected chi connectivity index (χ3v) is 3.67. The molecular formula is C11H15BrClN. The van der Waals surface area contributed by atoms with E-state index in [2.05, 4.69) is 41.1 Å². The van der Waals surface area contributed by atoms with Crippen LogP contribution in [0.5, 0.6) is 0 Å². The lowest BCUT2D eigenvalue weighted by Crippen LogP contribution is -2.24. The SMILES string of the molecule is Cc1c(Br)cccc1CC1(N)CC1.Cl. The largest absolute Gasteiger partial charge is 0.325 e. The Morgan fingerprint density at radius 2 is 2.07 bits per heavy atom. The zero-order chi connectivity index (χ0) is 9.47. The Kier molecular flexibility index (Phi) is 3.62. The van der Waals surface area contributed by atoms with Gasteiger partial charge in [-0.1, -0.05) is 28.1 Å². The minimum absolute atomic E-state index is 0. The van der Waals surface area contributed by atoms with E-state index in [1.165, 1.54) is 28.4 Å². The van der Waals surface area contributed by atoms with Gasteiger partial charge in [-0.3, -0.25) is 0 Å². The fraction of sp³-hybridized carbons (Fsp3) is 0.455. The highest BCUT2D eigenvalue weighted by Gasteiger charge is 2.38. The Bertz CT molecular complexity index is 334. The summed E-state index contributed by atoms with van der Waals surface area (Å²) in [6.07, 6.45) is 3.39. The lowest BCUT2D eigenvalue weighted by Gasteiger charge is -2.11. The van der Waals surface area contributed by atoms with Crippen molar-refractivity contribution in [1.29, 1.82) is 0 Å². The van der Waals surface area contributed by atoms with Crippen LogP contribution in [0, 0.1) is 6.92 Å². The van der Waals surface area contributed by atoms with Crippen LogP contribution in [0.1, 0.15) is 24.0 Å². The molecule has 1 aromatic rings. The van der Waals surface area contributed by atoms with Crippen LogP contribution in [0.2, 0.25) is 0 Å². The number of benzene rings is 1. The summed E-state index contributed by atoms with van der Waals surface area (Å²) in [5.74, 6) is 0. The molecule has 1 aromatic carbocycles. The first-order valence-corrected chi connectivity index (χ1v) is 5.43. The van der Waals surface area contributed by atoms with E-state index in [4.69, 9.17) is 5.73 Å². The molecule has 0 saturated heterocycles. The molecule has 1 aliphatic carbocycles. The summed E-state index contributed by atoms with van der Waals surface area (Å²) >= 11 is 3.53. The van der Waals surface area contributed by atoms with E-state index in [1.807, 2.05) is 0 Å². The predicted molar refractivity (Wildman–Crippen MR) is 66.0 cm³/mol. The van der Waals surface area contributed by atoms with Crippen molar-refractivity contribution in [3.8, 4) is 0 Å². The molecule has 0 spiro atoms. The van der Waals surface area contributed by atoms with Crippen molar-refractivity contribution >= 4 is 28.3 Å². The molecule has 0 amide bonds. The zero-order valence-corrected chi connectivity index (χ0v) is 10.6. The lowest BCUT2D eigenvalue weighted by atomic mass is 10.0. The highest BCUT2D eigenvalue weighted by atomic mass is 79.9. The molecule has 3 heteroatoms. The third kappa shape index (κ3) is 2.50. The molecule has 1 nitrogen and oxygen atoms in total. The van der Waals surface area contributed by atoms with Gasteiger partial charge in [0.2, 0.25) is 0 Å². The van der Waals surface area contributed by atoms with E-state index < -0.39 is 0 Å². The molecule has 0 unspecified atom stereocenters. The topological polar surface area (TPSA) is 26.0 Å². The van der Waals surface area contributed by atoms with Crippen molar-refractivity contribution in [2.24, 2.45) is 5.73 Å². The third-order valence-electron chi connectivity index (χ3n) is 2.81. The number of nitrogens with two attached hydrogens (primary N) is 1. The van der Waals surface area contributed by atoms with Gasteiger partial charge in [0, 0.05) is 10.0 Å². The summed E-state index contributed by atoms with van der Waals surface area (Å²) < 4.78 is 1.19. The minimum atomic E-state index is 0. The molecule has 78 valence electrons. The minimum Gasteiger partial charge on any atom is -0.325 e. The van der Waals surface area contributed by atoms with Gasteiger partial charge in [0.05, 0.1) is 0 Å². The van der Waals surface area contributed by atoms with Gasteiger partial charge >= 0.3 is 0 Å². The van der Waals surface area contributed by atoms with Crippen molar-refractivity contribution in [2.45, 2.75) is 31.7 Å². The van der Waals surface area contributed by atoms with Gasteiger partial charge in [-0.2, -0.15) is 0 Å². The molecule has 1 aliphatic rings. The van der Waals surface area contributed by atoms with Crippen molar-refractivity contribution < 1.29 is 0 Å². The van der Waals surface area contributed by atoms with E-state index in [1.54, 1.807) is 0 Å². The second-order valence-corrected chi connectivity index (χ2v) is 4.92. The molecule has 0 aromatic heterocycles. The molecule has 0 radical (unpaired) electrons. The van der Waals surface area contributed by atoms with Crippen LogP contribution in [0.3, 0.4) is 0 Å². The Morgan fingerprint density at radius 3 is 2.64 bits per heavy atom. The van der Waals surface area contributed by atoms with Crippen molar-refractivity contribution in [2.75, 3.05) is 0 Å². The molecule has 1 fully saturated rings. The highest BCUT2D eigenvalue weighted by molar-refractivity contribution is 9.10. The van der Waals surface area contributed by atoms with Gasteiger partial charge in [0.1, 0.15) is 0 Å². The maximum Gasteiger partial charge on any atom is 0.0207 e. The number of halogens is 2. The van der Waals surface area contributed by atoms with Crippen molar-refractivity contribution in [3.63, 3.8) is 0 Å². The molecule has 1 saturated carbocycles. The molecule has 2 rings (SSSR count). The summed E-state index contributed by atoms with van der Waals surface area (Å²) in [5, 5.41) is 0. The average molecular weight is 277 g/mol. The first-order chi connectivity index (χ1) is 6.11. The Hall–Kier alpha value is -0.0500. The standard InChI is InChI=1S/C11H14BrN.ClH/c1-8-9(3-2-4-10(8)12)7-11(13)5-6-11;/h2-4H,5-7,13H2,1H3;1H. The number of hydrogen-bond donors (Lipinski definition) is 1. The van der Waals surface area contributed by atoms with Crippen LogP contribution in [0.4, 0.5) is 0 Å². The molecule has 0 atom stereocenters. The fourth-order valence-electron chi connectivity index (χ4n) is 1.56. The van der Waals surface area contributed by atoms with Gasteiger partial charge in [0.25, 0.3) is 0 Å². The van der Waals surface area contributed by atoms with E-state index >= 15 is 0 Å². The van der Waals surface area contributed by atoms with Crippen LogP contribution in [0.25, 0.3) is 0 Å². The van der Waals surface area contributed by atoms with Gasteiger partial charge in [-0.25, -0.2) is 0 Å².